The molecule has 0 spiro atoms. The zero-order valence-electron chi connectivity index (χ0n) is 14.5. The SMILES string of the molecule is N[C@]1(C(=O)O)CC(CCB(O)O)CCC1CN1Cc2ccccc2C1. The van der Waals surface area contributed by atoms with Gasteiger partial charge >= 0.3 is 13.1 Å². The summed E-state index contributed by atoms with van der Waals surface area (Å²) in [5.41, 5.74) is 7.76. The van der Waals surface area contributed by atoms with E-state index in [1.807, 2.05) is 12.1 Å². The fourth-order valence-corrected chi connectivity index (χ4v) is 4.43. The van der Waals surface area contributed by atoms with Gasteiger partial charge in [-0.2, -0.15) is 0 Å². The first-order valence-electron chi connectivity index (χ1n) is 9.06. The van der Waals surface area contributed by atoms with Crippen LogP contribution in [0, 0.1) is 11.8 Å². The van der Waals surface area contributed by atoms with Gasteiger partial charge in [-0.3, -0.25) is 9.69 Å². The average Bonchev–Trinajstić information content (AvgIpc) is 2.97. The number of nitrogens with zero attached hydrogens (tertiary/aromatic N) is 1. The number of carboxylic acids is 1. The first-order valence-corrected chi connectivity index (χ1v) is 9.06. The van der Waals surface area contributed by atoms with Crippen LogP contribution in [-0.4, -0.2) is 45.2 Å². The summed E-state index contributed by atoms with van der Waals surface area (Å²) >= 11 is 0. The number of fused-ring (bicyclic) bond motifs is 1. The molecule has 1 aliphatic heterocycles. The Morgan fingerprint density at radius 2 is 1.88 bits per heavy atom. The molecule has 6 nitrogen and oxygen atoms in total. The van der Waals surface area contributed by atoms with Crippen LogP contribution in [0.4, 0.5) is 0 Å². The first-order chi connectivity index (χ1) is 11.9. The smallest absolute Gasteiger partial charge is 0.451 e. The molecule has 7 heteroatoms. The second-order valence-electron chi connectivity index (χ2n) is 7.69. The number of hydrogen-bond donors (Lipinski definition) is 4. The molecule has 1 heterocycles. The summed E-state index contributed by atoms with van der Waals surface area (Å²) in [6, 6.07) is 8.32. The molecule has 1 aromatic carbocycles. The van der Waals surface area contributed by atoms with Crippen LogP contribution in [0.2, 0.25) is 6.32 Å². The molecule has 1 fully saturated rings. The van der Waals surface area contributed by atoms with Gasteiger partial charge in [0, 0.05) is 25.6 Å². The van der Waals surface area contributed by atoms with E-state index in [2.05, 4.69) is 17.0 Å². The van der Waals surface area contributed by atoms with Crippen molar-refractivity contribution in [1.82, 2.24) is 4.90 Å². The molecule has 0 aromatic heterocycles. The Kier molecular flexibility index (Phi) is 5.48. The Morgan fingerprint density at radius 3 is 2.44 bits per heavy atom. The highest BCUT2D eigenvalue weighted by Crippen LogP contribution is 2.39. The van der Waals surface area contributed by atoms with Gasteiger partial charge in [-0.15, -0.1) is 0 Å². The maximum atomic E-state index is 11.9. The monoisotopic (exact) mass is 346 g/mol. The summed E-state index contributed by atoms with van der Waals surface area (Å²) in [5, 5.41) is 27.9. The molecule has 0 amide bonds. The number of benzene rings is 1. The van der Waals surface area contributed by atoms with Crippen molar-refractivity contribution in [3.63, 3.8) is 0 Å². The highest BCUT2D eigenvalue weighted by atomic mass is 16.4. The van der Waals surface area contributed by atoms with E-state index in [4.69, 9.17) is 15.8 Å². The Bertz CT molecular complexity index is 602. The third kappa shape index (κ3) is 4.06. The minimum Gasteiger partial charge on any atom is -0.480 e. The lowest BCUT2D eigenvalue weighted by Crippen LogP contribution is -2.59. The van der Waals surface area contributed by atoms with Gasteiger partial charge in [0.1, 0.15) is 5.54 Å². The van der Waals surface area contributed by atoms with Gasteiger partial charge < -0.3 is 20.9 Å². The summed E-state index contributed by atoms with van der Waals surface area (Å²) < 4.78 is 0. The summed E-state index contributed by atoms with van der Waals surface area (Å²) in [4.78, 5) is 14.2. The van der Waals surface area contributed by atoms with Crippen molar-refractivity contribution in [2.75, 3.05) is 6.54 Å². The lowest BCUT2D eigenvalue weighted by molar-refractivity contribution is -0.148. The Balaban J connectivity index is 1.64. The molecule has 2 aliphatic rings. The molecule has 0 saturated heterocycles. The lowest BCUT2D eigenvalue weighted by atomic mass is 9.66. The molecule has 3 atom stereocenters. The molecule has 5 N–H and O–H groups in total. The minimum atomic E-state index is -1.34. The largest absolute Gasteiger partial charge is 0.480 e. The fourth-order valence-electron chi connectivity index (χ4n) is 4.43. The summed E-state index contributed by atoms with van der Waals surface area (Å²) in [6.07, 6.45) is 2.94. The maximum absolute atomic E-state index is 11.9. The van der Waals surface area contributed by atoms with Gasteiger partial charge in [0.2, 0.25) is 0 Å². The van der Waals surface area contributed by atoms with Crippen LogP contribution >= 0.6 is 0 Å². The van der Waals surface area contributed by atoms with Gasteiger partial charge in [-0.05, 0) is 42.6 Å². The first kappa shape index (κ1) is 18.4. The minimum absolute atomic E-state index is 0.0883. The van der Waals surface area contributed by atoms with Gasteiger partial charge in [-0.25, -0.2) is 0 Å². The van der Waals surface area contributed by atoms with Crippen molar-refractivity contribution in [3.05, 3.63) is 35.4 Å². The number of carboxylic acid groups (broad SMARTS) is 1. The van der Waals surface area contributed by atoms with Crippen LogP contribution in [0.15, 0.2) is 24.3 Å². The molecule has 1 aromatic rings. The third-order valence-electron chi connectivity index (χ3n) is 5.89. The van der Waals surface area contributed by atoms with Crippen molar-refractivity contribution >= 4 is 13.1 Å². The van der Waals surface area contributed by atoms with Gasteiger partial charge in [0.25, 0.3) is 0 Å². The van der Waals surface area contributed by atoms with Crippen LogP contribution in [0.25, 0.3) is 0 Å². The van der Waals surface area contributed by atoms with E-state index in [-0.39, 0.29) is 18.2 Å². The molecular weight excluding hydrogens is 319 g/mol. The highest BCUT2D eigenvalue weighted by molar-refractivity contribution is 6.40. The number of nitrogens with two attached hydrogens (primary N) is 1. The molecule has 1 aliphatic carbocycles. The van der Waals surface area contributed by atoms with Gasteiger partial charge in [0.05, 0.1) is 0 Å². The van der Waals surface area contributed by atoms with Crippen molar-refractivity contribution in [3.8, 4) is 0 Å². The number of carbonyl (C=O) groups is 1. The Labute approximate surface area is 148 Å². The second-order valence-corrected chi connectivity index (χ2v) is 7.69. The number of hydrogen-bond acceptors (Lipinski definition) is 5. The number of rotatable bonds is 6. The van der Waals surface area contributed by atoms with E-state index in [1.165, 1.54) is 11.1 Å². The summed E-state index contributed by atoms with van der Waals surface area (Å²) in [7, 11) is -1.34. The van der Waals surface area contributed by atoms with Crippen LogP contribution in [0.3, 0.4) is 0 Å². The van der Waals surface area contributed by atoms with E-state index < -0.39 is 18.6 Å². The topological polar surface area (TPSA) is 107 Å². The van der Waals surface area contributed by atoms with Gasteiger partial charge in [0.15, 0.2) is 0 Å². The van der Waals surface area contributed by atoms with Crippen molar-refractivity contribution in [2.24, 2.45) is 17.6 Å². The summed E-state index contributed by atoms with van der Waals surface area (Å²) in [6.45, 7) is 2.39. The predicted octanol–water partition coefficient (Wildman–Crippen LogP) is 1.06. The maximum Gasteiger partial charge on any atom is 0.451 e. The highest BCUT2D eigenvalue weighted by Gasteiger charge is 2.47. The summed E-state index contributed by atoms with van der Waals surface area (Å²) in [5.74, 6) is -0.895. The molecule has 1 saturated carbocycles. The Hall–Kier alpha value is -1.41. The van der Waals surface area contributed by atoms with Crippen LogP contribution in [0.5, 0.6) is 0 Å². The Morgan fingerprint density at radius 1 is 1.24 bits per heavy atom. The molecule has 136 valence electrons. The molecule has 0 bridgehead atoms. The molecule has 0 radical (unpaired) electrons. The van der Waals surface area contributed by atoms with E-state index in [0.717, 1.165) is 25.9 Å². The zero-order valence-corrected chi connectivity index (χ0v) is 14.5. The van der Waals surface area contributed by atoms with Crippen LogP contribution < -0.4 is 5.73 Å². The van der Waals surface area contributed by atoms with E-state index in [1.54, 1.807) is 0 Å². The number of aliphatic carboxylic acids is 1. The fraction of sp³-hybridized carbons (Fsp3) is 0.611. The van der Waals surface area contributed by atoms with E-state index in [0.29, 0.717) is 19.4 Å². The third-order valence-corrected chi connectivity index (χ3v) is 5.89. The normalized spacial score (nSPS) is 29.4. The van der Waals surface area contributed by atoms with Crippen LogP contribution in [0.1, 0.15) is 36.8 Å². The quantitative estimate of drug-likeness (QED) is 0.574. The molecular formula is C18H27BN2O4. The van der Waals surface area contributed by atoms with Gasteiger partial charge in [-0.1, -0.05) is 30.7 Å². The van der Waals surface area contributed by atoms with Crippen molar-refractivity contribution in [1.29, 1.82) is 0 Å². The molecule has 3 rings (SSSR count). The van der Waals surface area contributed by atoms with Crippen molar-refractivity contribution < 1.29 is 19.9 Å². The lowest BCUT2D eigenvalue weighted by Gasteiger charge is -2.43. The predicted molar refractivity (Wildman–Crippen MR) is 95.6 cm³/mol. The van der Waals surface area contributed by atoms with E-state index >= 15 is 0 Å². The molecule has 2 unspecified atom stereocenters. The van der Waals surface area contributed by atoms with E-state index in [9.17, 15) is 9.90 Å². The average molecular weight is 346 g/mol. The zero-order chi connectivity index (χ0) is 18.0. The van der Waals surface area contributed by atoms with Crippen LogP contribution in [-0.2, 0) is 17.9 Å². The standard InChI is InChI=1S/C18H27BN2O4/c20-18(17(22)23)9-13(7-8-19(24)25)5-6-16(18)12-21-10-14-3-1-2-4-15(14)11-21/h1-4,13,16,24-25H,5-12,20H2,(H,22,23)/t13?,16?,18-/m1/s1. The van der Waals surface area contributed by atoms with Crippen molar-refractivity contribution in [2.45, 2.75) is 50.6 Å². The molecule has 25 heavy (non-hydrogen) atoms. The second kappa shape index (κ2) is 7.46.